The molecule has 0 amide bonds. The lowest BCUT2D eigenvalue weighted by atomic mass is 9.82. The average molecular weight is 502 g/mol. The predicted octanol–water partition coefficient (Wildman–Crippen LogP) is 10.5. The lowest BCUT2D eigenvalue weighted by Crippen LogP contribution is -2.15. The molecule has 0 saturated heterocycles. The number of hydrogen-bond acceptors (Lipinski definition) is 2. The van der Waals surface area contributed by atoms with Crippen LogP contribution in [0.25, 0.3) is 31.3 Å². The van der Waals surface area contributed by atoms with E-state index in [1.165, 1.54) is 42.4 Å². The molecule has 6 aromatic rings. The zero-order chi connectivity index (χ0) is 24.4. The molecule has 0 unspecified atom stereocenters. The zero-order valence-electron chi connectivity index (χ0n) is 20.1. The molecule has 1 aliphatic carbocycles. The van der Waals surface area contributed by atoms with Crippen molar-refractivity contribution in [3.05, 3.63) is 125 Å². The first-order chi connectivity index (χ1) is 17.5. The summed E-state index contributed by atoms with van der Waals surface area (Å²) in [6.07, 6.45) is 0. The van der Waals surface area contributed by atoms with E-state index in [1.54, 1.807) is 0 Å². The Bertz CT molecular complexity index is 1800. The van der Waals surface area contributed by atoms with Crippen LogP contribution in [0.3, 0.4) is 0 Å². The van der Waals surface area contributed by atoms with Gasteiger partial charge in [-0.1, -0.05) is 80.0 Å². The molecule has 5 aromatic carbocycles. The van der Waals surface area contributed by atoms with Crippen molar-refractivity contribution in [1.29, 1.82) is 0 Å². The Morgan fingerprint density at radius 2 is 1.28 bits per heavy atom. The van der Waals surface area contributed by atoms with Gasteiger partial charge in [-0.15, -0.1) is 11.3 Å². The van der Waals surface area contributed by atoms with Gasteiger partial charge in [0.25, 0.3) is 0 Å². The highest BCUT2D eigenvalue weighted by Crippen LogP contribution is 2.50. The molecule has 1 aliphatic rings. The molecule has 7 rings (SSSR count). The molecule has 0 radical (unpaired) electrons. The molecule has 3 heteroatoms. The van der Waals surface area contributed by atoms with Gasteiger partial charge in [-0.3, -0.25) is 0 Å². The lowest BCUT2D eigenvalue weighted by molar-refractivity contribution is 0.660. The summed E-state index contributed by atoms with van der Waals surface area (Å²) in [5, 5.41) is 3.31. The molecule has 1 nitrogen and oxygen atoms in total. The lowest BCUT2D eigenvalue weighted by Gasteiger charge is -2.27. The van der Waals surface area contributed by atoms with Gasteiger partial charge in [0.2, 0.25) is 0 Å². The van der Waals surface area contributed by atoms with Gasteiger partial charge in [-0.25, -0.2) is 0 Å². The van der Waals surface area contributed by atoms with E-state index >= 15 is 0 Å². The maximum absolute atomic E-state index is 6.49. The van der Waals surface area contributed by atoms with Gasteiger partial charge in [0, 0.05) is 47.7 Å². The fourth-order valence-electron chi connectivity index (χ4n) is 5.76. The van der Waals surface area contributed by atoms with Crippen molar-refractivity contribution in [1.82, 2.24) is 0 Å². The van der Waals surface area contributed by atoms with Crippen LogP contribution in [0.4, 0.5) is 17.1 Å². The quantitative estimate of drug-likeness (QED) is 0.233. The summed E-state index contributed by atoms with van der Waals surface area (Å²) < 4.78 is 2.62. The third-order valence-corrected chi connectivity index (χ3v) is 8.90. The van der Waals surface area contributed by atoms with E-state index in [0.717, 1.165) is 22.1 Å². The summed E-state index contributed by atoms with van der Waals surface area (Å²) >= 11 is 8.34. The minimum Gasteiger partial charge on any atom is -0.310 e. The number of thiophene rings is 1. The Morgan fingerprint density at radius 3 is 2.17 bits per heavy atom. The molecule has 0 aliphatic heterocycles. The standard InChI is InChI=1S/C33H24ClNS/c1-33(2)29-12-5-3-10-25(29)27-19-23(14-16-30(27)33)35(22-9-7-8-21(34)18-22)24-15-17-32-28(20-24)26-11-4-6-13-31(26)36-32/h3-20H,1-2H3. The molecular weight excluding hydrogens is 478 g/mol. The maximum Gasteiger partial charge on any atom is 0.0476 e. The second-order valence-electron chi connectivity index (χ2n) is 9.99. The maximum atomic E-state index is 6.49. The van der Waals surface area contributed by atoms with Crippen LogP contribution < -0.4 is 4.90 Å². The first-order valence-electron chi connectivity index (χ1n) is 12.2. The molecule has 0 N–H and O–H groups in total. The normalized spacial score (nSPS) is 13.6. The van der Waals surface area contributed by atoms with Crippen molar-refractivity contribution >= 4 is 60.2 Å². The molecule has 1 heterocycles. The molecule has 36 heavy (non-hydrogen) atoms. The van der Waals surface area contributed by atoms with Crippen LogP contribution >= 0.6 is 22.9 Å². The number of benzene rings is 5. The summed E-state index contributed by atoms with van der Waals surface area (Å²) in [5.41, 5.74) is 8.68. The number of rotatable bonds is 3. The van der Waals surface area contributed by atoms with E-state index in [1.807, 2.05) is 29.5 Å². The summed E-state index contributed by atoms with van der Waals surface area (Å²) in [7, 11) is 0. The highest BCUT2D eigenvalue weighted by Gasteiger charge is 2.35. The van der Waals surface area contributed by atoms with Gasteiger partial charge in [0.1, 0.15) is 0 Å². The summed E-state index contributed by atoms with van der Waals surface area (Å²) in [6.45, 7) is 4.64. The van der Waals surface area contributed by atoms with Crippen LogP contribution in [-0.4, -0.2) is 0 Å². The first-order valence-corrected chi connectivity index (χ1v) is 13.4. The monoisotopic (exact) mass is 501 g/mol. The molecule has 174 valence electrons. The third kappa shape index (κ3) is 3.22. The van der Waals surface area contributed by atoms with E-state index in [4.69, 9.17) is 11.6 Å². The molecule has 0 saturated carbocycles. The summed E-state index contributed by atoms with van der Waals surface area (Å²) in [5.74, 6) is 0. The summed E-state index contributed by atoms with van der Waals surface area (Å²) in [6, 6.07) is 39.3. The van der Waals surface area contributed by atoms with E-state index in [9.17, 15) is 0 Å². The van der Waals surface area contributed by atoms with Crippen molar-refractivity contribution < 1.29 is 0 Å². The van der Waals surface area contributed by atoms with Gasteiger partial charge in [-0.2, -0.15) is 0 Å². The van der Waals surface area contributed by atoms with Gasteiger partial charge < -0.3 is 4.90 Å². The minimum absolute atomic E-state index is 0.0140. The number of hydrogen-bond donors (Lipinski definition) is 0. The Hall–Kier alpha value is -3.59. The van der Waals surface area contributed by atoms with Crippen molar-refractivity contribution in [3.63, 3.8) is 0 Å². The van der Waals surface area contributed by atoms with Crippen LogP contribution in [0.2, 0.25) is 5.02 Å². The molecule has 0 bridgehead atoms. The minimum atomic E-state index is -0.0140. The second kappa shape index (κ2) is 7.96. The number of nitrogens with zero attached hydrogens (tertiary/aromatic N) is 1. The average Bonchev–Trinajstić information content (AvgIpc) is 3.37. The Labute approximate surface area is 220 Å². The number of anilines is 3. The zero-order valence-corrected chi connectivity index (χ0v) is 21.7. The fourth-order valence-corrected chi connectivity index (χ4v) is 7.03. The molecule has 0 atom stereocenters. The number of halogens is 1. The first kappa shape index (κ1) is 21.7. The second-order valence-corrected chi connectivity index (χ2v) is 11.5. The fraction of sp³-hybridized carbons (Fsp3) is 0.0909. The number of fused-ring (bicyclic) bond motifs is 6. The highest BCUT2D eigenvalue weighted by atomic mass is 35.5. The van der Waals surface area contributed by atoms with E-state index in [2.05, 4.69) is 110 Å². The molecule has 0 spiro atoms. The van der Waals surface area contributed by atoms with Gasteiger partial charge in [0.15, 0.2) is 0 Å². The van der Waals surface area contributed by atoms with Crippen LogP contribution in [0, 0.1) is 0 Å². The van der Waals surface area contributed by atoms with E-state index in [-0.39, 0.29) is 5.41 Å². The van der Waals surface area contributed by atoms with Gasteiger partial charge in [-0.05, 0) is 76.9 Å². The SMILES string of the molecule is CC1(C)c2ccccc2-c2cc(N(c3cccc(Cl)c3)c3ccc4sc5ccccc5c4c3)ccc21. The summed E-state index contributed by atoms with van der Waals surface area (Å²) in [4.78, 5) is 2.33. The topological polar surface area (TPSA) is 3.24 Å². The Balaban J connectivity index is 1.46. The molecular formula is C33H24ClNS. The largest absolute Gasteiger partial charge is 0.310 e. The predicted molar refractivity (Wildman–Crippen MR) is 157 cm³/mol. The van der Waals surface area contributed by atoms with Crippen molar-refractivity contribution in [2.45, 2.75) is 19.3 Å². The Kier molecular flexibility index (Phi) is 4.79. The van der Waals surface area contributed by atoms with Crippen LogP contribution in [-0.2, 0) is 5.41 Å². The molecule has 1 aromatic heterocycles. The van der Waals surface area contributed by atoms with Crippen LogP contribution in [0.5, 0.6) is 0 Å². The highest BCUT2D eigenvalue weighted by molar-refractivity contribution is 7.25. The van der Waals surface area contributed by atoms with Crippen molar-refractivity contribution in [3.8, 4) is 11.1 Å². The van der Waals surface area contributed by atoms with Gasteiger partial charge in [0.05, 0.1) is 0 Å². The Morgan fingerprint density at radius 1 is 0.583 bits per heavy atom. The van der Waals surface area contributed by atoms with Crippen LogP contribution in [0.1, 0.15) is 25.0 Å². The van der Waals surface area contributed by atoms with E-state index in [0.29, 0.717) is 0 Å². The van der Waals surface area contributed by atoms with Crippen molar-refractivity contribution in [2.75, 3.05) is 4.90 Å². The van der Waals surface area contributed by atoms with Gasteiger partial charge >= 0.3 is 0 Å². The molecule has 0 fully saturated rings. The third-order valence-electron chi connectivity index (χ3n) is 7.51. The van der Waals surface area contributed by atoms with E-state index < -0.39 is 0 Å². The van der Waals surface area contributed by atoms with Crippen molar-refractivity contribution in [2.24, 2.45) is 0 Å². The smallest absolute Gasteiger partial charge is 0.0476 e. The van der Waals surface area contributed by atoms with Crippen LogP contribution in [0.15, 0.2) is 109 Å².